The van der Waals surface area contributed by atoms with Gasteiger partial charge in [0.25, 0.3) is 5.89 Å². The van der Waals surface area contributed by atoms with Crippen molar-refractivity contribution in [1.29, 1.82) is 0 Å². The summed E-state index contributed by atoms with van der Waals surface area (Å²) in [4.78, 5) is 28.1. The average molecular weight is 457 g/mol. The number of oxazole rings is 1. The van der Waals surface area contributed by atoms with Gasteiger partial charge in [0, 0.05) is 18.8 Å². The van der Waals surface area contributed by atoms with Crippen LogP contribution in [0.5, 0.6) is 0 Å². The molecule has 10 heteroatoms. The highest BCUT2D eigenvalue weighted by atomic mass is 16.5. The highest BCUT2D eigenvalue weighted by Crippen LogP contribution is 2.27. The van der Waals surface area contributed by atoms with Gasteiger partial charge in [0.05, 0.1) is 19.4 Å². The van der Waals surface area contributed by atoms with E-state index >= 15 is 0 Å². The van der Waals surface area contributed by atoms with Gasteiger partial charge in [0.2, 0.25) is 17.2 Å². The number of hydrazone groups is 1. The number of morpholine rings is 1. The fourth-order valence-electron chi connectivity index (χ4n) is 3.57. The number of carbonyl (C=O) groups excluding carboxylic acids is 1. The fourth-order valence-corrected chi connectivity index (χ4v) is 3.57. The second-order valence-electron chi connectivity index (χ2n) is 7.75. The Kier molecular flexibility index (Phi) is 6.13. The number of ether oxygens (including phenoxy) is 1. The van der Waals surface area contributed by atoms with E-state index in [0.717, 1.165) is 11.1 Å². The number of hydrogen-bond donors (Lipinski definition) is 2. The molecule has 0 bridgehead atoms. The van der Waals surface area contributed by atoms with Gasteiger partial charge in [-0.15, -0.1) is 0 Å². The van der Waals surface area contributed by atoms with Crippen molar-refractivity contribution < 1.29 is 13.9 Å². The lowest BCUT2D eigenvalue weighted by atomic mass is 10.2. The number of fused-ring (bicyclic) bond motifs is 1. The van der Waals surface area contributed by atoms with E-state index in [1.54, 1.807) is 18.3 Å². The van der Waals surface area contributed by atoms with Crippen molar-refractivity contribution in [3.63, 3.8) is 0 Å². The van der Waals surface area contributed by atoms with E-state index in [0.29, 0.717) is 43.4 Å². The standard InChI is InChI=1S/C24H23N7O3/c1-16-6-5-7-17(14-16)15-25-30-24-28-20-19(21(29-24)31-10-12-33-13-11-31)34-23(27-20)22(32)26-18-8-3-2-4-9-18/h2-9,14-15H,10-13H2,1H3,(H,26,32)(H,28,29,30)/b25-15+. The van der Waals surface area contributed by atoms with Crippen LogP contribution in [0.4, 0.5) is 17.5 Å². The Bertz CT molecular complexity index is 1330. The molecule has 1 saturated heterocycles. The minimum absolute atomic E-state index is 0.0944. The molecule has 2 N–H and O–H groups in total. The number of carbonyl (C=O) groups is 1. The van der Waals surface area contributed by atoms with Gasteiger partial charge in [-0.3, -0.25) is 4.79 Å². The van der Waals surface area contributed by atoms with Crippen molar-refractivity contribution in [2.75, 3.05) is 41.9 Å². The SMILES string of the molecule is Cc1cccc(/C=N/Nc2nc(N3CCOCC3)c3oc(C(=O)Nc4ccccc4)nc3n2)c1. The van der Waals surface area contributed by atoms with E-state index in [4.69, 9.17) is 9.15 Å². The van der Waals surface area contributed by atoms with E-state index in [2.05, 4.69) is 30.8 Å². The minimum atomic E-state index is -0.468. The molecule has 0 aliphatic carbocycles. The summed E-state index contributed by atoms with van der Waals surface area (Å²) >= 11 is 0. The third kappa shape index (κ3) is 4.86. The summed E-state index contributed by atoms with van der Waals surface area (Å²) < 4.78 is 11.3. The Labute approximate surface area is 195 Å². The number of anilines is 3. The first-order valence-corrected chi connectivity index (χ1v) is 10.9. The highest BCUT2D eigenvalue weighted by Gasteiger charge is 2.24. The molecule has 0 unspecified atom stereocenters. The van der Waals surface area contributed by atoms with E-state index in [1.807, 2.05) is 54.3 Å². The number of nitrogens with zero attached hydrogens (tertiary/aromatic N) is 5. The number of para-hydroxylation sites is 1. The topological polar surface area (TPSA) is 118 Å². The number of benzene rings is 2. The molecule has 2 aromatic carbocycles. The number of amides is 1. The van der Waals surface area contributed by atoms with Crippen LogP contribution in [0, 0.1) is 6.92 Å². The van der Waals surface area contributed by atoms with Gasteiger partial charge in [-0.25, -0.2) is 5.43 Å². The van der Waals surface area contributed by atoms with Crippen LogP contribution < -0.4 is 15.6 Å². The normalized spacial score (nSPS) is 14.0. The summed E-state index contributed by atoms with van der Waals surface area (Å²) in [5.74, 6) is 0.223. The molecule has 1 fully saturated rings. The first-order chi connectivity index (χ1) is 16.7. The lowest BCUT2D eigenvalue weighted by molar-refractivity contribution is 0.0992. The summed E-state index contributed by atoms with van der Waals surface area (Å²) in [7, 11) is 0. The lowest BCUT2D eigenvalue weighted by Gasteiger charge is -2.27. The number of hydrogen-bond acceptors (Lipinski definition) is 9. The molecule has 2 aromatic heterocycles. The molecule has 10 nitrogen and oxygen atoms in total. The maximum Gasteiger partial charge on any atom is 0.311 e. The molecule has 172 valence electrons. The zero-order valence-electron chi connectivity index (χ0n) is 18.6. The zero-order valence-corrected chi connectivity index (χ0v) is 18.6. The molecule has 1 amide bonds. The van der Waals surface area contributed by atoms with E-state index in [1.165, 1.54) is 0 Å². The van der Waals surface area contributed by atoms with Crippen LogP contribution in [0.3, 0.4) is 0 Å². The zero-order chi connectivity index (χ0) is 23.3. The number of nitrogens with one attached hydrogen (secondary N) is 2. The van der Waals surface area contributed by atoms with Gasteiger partial charge in [0.15, 0.2) is 5.82 Å². The molecule has 0 saturated carbocycles. The second kappa shape index (κ2) is 9.67. The van der Waals surface area contributed by atoms with E-state index in [-0.39, 0.29) is 17.5 Å². The van der Waals surface area contributed by atoms with Crippen molar-refractivity contribution in [2.45, 2.75) is 6.92 Å². The van der Waals surface area contributed by atoms with Crippen LogP contribution >= 0.6 is 0 Å². The van der Waals surface area contributed by atoms with Crippen molar-refractivity contribution in [2.24, 2.45) is 5.10 Å². The van der Waals surface area contributed by atoms with Gasteiger partial charge in [-0.05, 0) is 24.6 Å². The molecule has 4 aromatic rings. The molecule has 0 spiro atoms. The summed E-state index contributed by atoms with van der Waals surface area (Å²) in [6.07, 6.45) is 1.69. The molecule has 0 radical (unpaired) electrons. The second-order valence-corrected chi connectivity index (χ2v) is 7.75. The van der Waals surface area contributed by atoms with Gasteiger partial charge in [-0.1, -0.05) is 48.0 Å². The van der Waals surface area contributed by atoms with Crippen LogP contribution in [0.2, 0.25) is 0 Å². The average Bonchev–Trinajstić information content (AvgIpc) is 3.29. The molecule has 34 heavy (non-hydrogen) atoms. The maximum atomic E-state index is 12.7. The Morgan fingerprint density at radius 3 is 2.68 bits per heavy atom. The van der Waals surface area contributed by atoms with E-state index in [9.17, 15) is 4.79 Å². The molecule has 1 aliphatic rings. The van der Waals surface area contributed by atoms with Crippen molar-refractivity contribution in [1.82, 2.24) is 15.0 Å². The Morgan fingerprint density at radius 2 is 1.88 bits per heavy atom. The van der Waals surface area contributed by atoms with Crippen LogP contribution in [0.25, 0.3) is 11.2 Å². The fraction of sp³-hybridized carbons (Fsp3) is 0.208. The molecule has 1 aliphatic heterocycles. The Morgan fingerprint density at radius 1 is 1.06 bits per heavy atom. The largest absolute Gasteiger partial charge is 0.427 e. The number of aromatic nitrogens is 3. The van der Waals surface area contributed by atoms with Gasteiger partial charge < -0.3 is 19.4 Å². The lowest BCUT2D eigenvalue weighted by Crippen LogP contribution is -2.37. The summed E-state index contributed by atoms with van der Waals surface area (Å²) in [6, 6.07) is 17.1. The first kappa shape index (κ1) is 21.5. The van der Waals surface area contributed by atoms with E-state index < -0.39 is 5.91 Å². The molecule has 5 rings (SSSR count). The van der Waals surface area contributed by atoms with Crippen LogP contribution in [0.1, 0.15) is 21.8 Å². The maximum absolute atomic E-state index is 12.7. The first-order valence-electron chi connectivity index (χ1n) is 10.9. The summed E-state index contributed by atoms with van der Waals surface area (Å²) in [5, 5.41) is 7.04. The number of rotatable bonds is 6. The predicted molar refractivity (Wildman–Crippen MR) is 129 cm³/mol. The molecular weight excluding hydrogens is 434 g/mol. The van der Waals surface area contributed by atoms with Crippen molar-refractivity contribution in [3.05, 3.63) is 71.6 Å². The molecule has 0 atom stereocenters. The van der Waals surface area contributed by atoms with Crippen molar-refractivity contribution in [3.8, 4) is 0 Å². The van der Waals surface area contributed by atoms with Crippen molar-refractivity contribution >= 4 is 40.8 Å². The van der Waals surface area contributed by atoms with Crippen LogP contribution in [-0.4, -0.2) is 53.4 Å². The van der Waals surface area contributed by atoms with Crippen LogP contribution in [0.15, 0.2) is 64.1 Å². The minimum Gasteiger partial charge on any atom is -0.427 e. The van der Waals surface area contributed by atoms with Gasteiger partial charge >= 0.3 is 5.91 Å². The highest BCUT2D eigenvalue weighted by molar-refractivity contribution is 6.02. The molecule has 3 heterocycles. The van der Waals surface area contributed by atoms with Gasteiger partial charge in [0.1, 0.15) is 0 Å². The third-order valence-corrected chi connectivity index (χ3v) is 5.19. The Hall–Kier alpha value is -4.31. The quantitative estimate of drug-likeness (QED) is 0.334. The smallest absolute Gasteiger partial charge is 0.311 e. The van der Waals surface area contributed by atoms with Gasteiger partial charge in [-0.2, -0.15) is 20.1 Å². The summed E-state index contributed by atoms with van der Waals surface area (Å²) in [5.41, 5.74) is 6.20. The van der Waals surface area contributed by atoms with Crippen LogP contribution in [-0.2, 0) is 4.74 Å². The predicted octanol–water partition coefficient (Wildman–Crippen LogP) is 3.46. The third-order valence-electron chi connectivity index (χ3n) is 5.19. The molecular formula is C24H23N7O3. The summed E-state index contributed by atoms with van der Waals surface area (Å²) in [6.45, 7) is 4.41. The Balaban J connectivity index is 1.45. The number of aryl methyl sites for hydroxylation is 1. The monoisotopic (exact) mass is 457 g/mol.